The Morgan fingerprint density at radius 1 is 1.10 bits per heavy atom. The van der Waals surface area contributed by atoms with Gasteiger partial charge in [-0.05, 0) is 61.9 Å². The van der Waals surface area contributed by atoms with Crippen LogP contribution in [-0.4, -0.2) is 68.7 Å². The second-order valence-corrected chi connectivity index (χ2v) is 10.4. The van der Waals surface area contributed by atoms with Gasteiger partial charge in [-0.25, -0.2) is 10.3 Å². The summed E-state index contributed by atoms with van der Waals surface area (Å²) in [6.45, 7) is 3.18. The standard InChI is InChI=1S/C29H32N4O6/c1-29(13-17-33(27(29)35)25(26(34)31-38)19-11-15-32(16-12-19)28(36)37)21-6-8-22(9-7-21)39-18-20-10-14-30-24-5-3-2-4-23(20)24/h2-10,14,19,25,38H,11-13,15-18H2,1H3,(H,31,34)(H,36,37). The van der Waals surface area contributed by atoms with Crippen LogP contribution in [0.15, 0.2) is 60.8 Å². The van der Waals surface area contributed by atoms with Gasteiger partial charge < -0.3 is 19.6 Å². The molecule has 10 nitrogen and oxygen atoms in total. The zero-order chi connectivity index (χ0) is 27.6. The zero-order valence-electron chi connectivity index (χ0n) is 21.7. The topological polar surface area (TPSA) is 132 Å². The van der Waals surface area contributed by atoms with E-state index in [9.17, 15) is 24.7 Å². The van der Waals surface area contributed by atoms with Crippen molar-refractivity contribution in [3.8, 4) is 5.75 Å². The molecule has 0 radical (unpaired) electrons. The number of fused-ring (bicyclic) bond motifs is 1. The highest BCUT2D eigenvalue weighted by Gasteiger charge is 2.50. The van der Waals surface area contributed by atoms with Gasteiger partial charge in [-0.3, -0.25) is 19.8 Å². The van der Waals surface area contributed by atoms with E-state index in [-0.39, 0.29) is 24.9 Å². The number of likely N-dealkylation sites (tertiary alicyclic amines) is 2. The number of nitrogens with one attached hydrogen (secondary N) is 1. The van der Waals surface area contributed by atoms with E-state index in [1.807, 2.05) is 61.5 Å². The van der Waals surface area contributed by atoms with Crippen molar-refractivity contribution in [2.45, 2.75) is 44.2 Å². The number of carbonyl (C=O) groups is 3. The van der Waals surface area contributed by atoms with Crippen molar-refractivity contribution in [1.82, 2.24) is 20.3 Å². The molecule has 0 bridgehead atoms. The van der Waals surface area contributed by atoms with E-state index in [2.05, 4.69) is 4.98 Å². The van der Waals surface area contributed by atoms with Crippen LogP contribution in [0.2, 0.25) is 0 Å². The molecule has 0 spiro atoms. The number of ether oxygens (including phenoxy) is 1. The second-order valence-electron chi connectivity index (χ2n) is 10.4. The Balaban J connectivity index is 1.28. The third-order valence-corrected chi connectivity index (χ3v) is 8.18. The maximum Gasteiger partial charge on any atom is 0.407 e. The normalized spacial score (nSPS) is 20.7. The predicted octanol–water partition coefficient (Wildman–Crippen LogP) is 3.57. The molecule has 2 saturated heterocycles. The van der Waals surface area contributed by atoms with Crippen LogP contribution in [0.5, 0.6) is 5.75 Å². The first kappa shape index (κ1) is 26.4. The van der Waals surface area contributed by atoms with Gasteiger partial charge in [-0.2, -0.15) is 0 Å². The summed E-state index contributed by atoms with van der Waals surface area (Å²) in [5.74, 6) is -0.408. The molecule has 39 heavy (non-hydrogen) atoms. The van der Waals surface area contributed by atoms with Crippen molar-refractivity contribution in [2.75, 3.05) is 19.6 Å². The van der Waals surface area contributed by atoms with Crippen LogP contribution in [0, 0.1) is 5.92 Å². The van der Waals surface area contributed by atoms with E-state index in [0.29, 0.717) is 38.2 Å². The second kappa shape index (κ2) is 10.9. The van der Waals surface area contributed by atoms with E-state index in [4.69, 9.17) is 4.74 Å². The lowest BCUT2D eigenvalue weighted by atomic mass is 9.80. The van der Waals surface area contributed by atoms with Crippen LogP contribution in [0.25, 0.3) is 10.9 Å². The van der Waals surface area contributed by atoms with E-state index in [0.717, 1.165) is 22.0 Å². The van der Waals surface area contributed by atoms with Crippen LogP contribution < -0.4 is 10.2 Å². The molecular formula is C29H32N4O6. The summed E-state index contributed by atoms with van der Waals surface area (Å²) in [5, 5.41) is 19.7. The smallest absolute Gasteiger partial charge is 0.407 e. The molecule has 3 amide bonds. The van der Waals surface area contributed by atoms with Crippen LogP contribution >= 0.6 is 0 Å². The summed E-state index contributed by atoms with van der Waals surface area (Å²) in [7, 11) is 0. The number of carbonyl (C=O) groups excluding carboxylic acids is 2. The molecule has 2 atom stereocenters. The summed E-state index contributed by atoms with van der Waals surface area (Å²) in [5.41, 5.74) is 3.64. The van der Waals surface area contributed by atoms with Gasteiger partial charge in [0.05, 0.1) is 10.9 Å². The highest BCUT2D eigenvalue weighted by atomic mass is 16.5. The number of rotatable bonds is 7. The molecule has 2 aliphatic heterocycles. The van der Waals surface area contributed by atoms with Crippen molar-refractivity contribution >= 4 is 28.8 Å². The third kappa shape index (κ3) is 5.12. The highest BCUT2D eigenvalue weighted by Crippen LogP contribution is 2.39. The number of nitrogens with zero attached hydrogens (tertiary/aromatic N) is 3. The van der Waals surface area contributed by atoms with Crippen molar-refractivity contribution < 1.29 is 29.4 Å². The van der Waals surface area contributed by atoms with Gasteiger partial charge >= 0.3 is 6.09 Å². The summed E-state index contributed by atoms with van der Waals surface area (Å²) >= 11 is 0. The summed E-state index contributed by atoms with van der Waals surface area (Å²) in [4.78, 5) is 45.0. The van der Waals surface area contributed by atoms with Gasteiger partial charge in [-0.15, -0.1) is 0 Å². The number of piperidine rings is 1. The number of carboxylic acid groups (broad SMARTS) is 1. The first-order valence-electron chi connectivity index (χ1n) is 13.1. The number of amides is 3. The molecule has 0 aliphatic carbocycles. The minimum absolute atomic E-state index is 0.186. The molecular weight excluding hydrogens is 500 g/mol. The van der Waals surface area contributed by atoms with Crippen molar-refractivity contribution in [1.29, 1.82) is 0 Å². The molecule has 2 unspecified atom stereocenters. The van der Waals surface area contributed by atoms with E-state index in [1.54, 1.807) is 16.6 Å². The Morgan fingerprint density at radius 2 is 1.82 bits per heavy atom. The van der Waals surface area contributed by atoms with E-state index in [1.165, 1.54) is 4.90 Å². The quantitative estimate of drug-likeness (QED) is 0.313. The first-order chi connectivity index (χ1) is 18.8. The van der Waals surface area contributed by atoms with Gasteiger partial charge in [-0.1, -0.05) is 30.3 Å². The summed E-state index contributed by atoms with van der Waals surface area (Å²) in [6, 6.07) is 16.4. The predicted molar refractivity (Wildman–Crippen MR) is 142 cm³/mol. The van der Waals surface area contributed by atoms with Gasteiger partial charge in [0.15, 0.2) is 0 Å². The third-order valence-electron chi connectivity index (χ3n) is 8.18. The number of hydrogen-bond acceptors (Lipinski definition) is 6. The van der Waals surface area contributed by atoms with Gasteiger partial charge in [0.1, 0.15) is 18.4 Å². The van der Waals surface area contributed by atoms with Crippen molar-refractivity contribution in [3.63, 3.8) is 0 Å². The molecule has 10 heteroatoms. The average Bonchev–Trinajstić information content (AvgIpc) is 3.27. The SMILES string of the molecule is CC1(c2ccc(OCc3ccnc4ccccc34)cc2)CCN(C(C(=O)NO)C2CCN(C(=O)O)CC2)C1=O. The lowest BCUT2D eigenvalue weighted by molar-refractivity contribution is -0.146. The lowest BCUT2D eigenvalue weighted by Crippen LogP contribution is -2.55. The zero-order valence-corrected chi connectivity index (χ0v) is 21.7. The first-order valence-corrected chi connectivity index (χ1v) is 13.1. The minimum Gasteiger partial charge on any atom is -0.489 e. The molecule has 2 aromatic carbocycles. The Morgan fingerprint density at radius 3 is 2.51 bits per heavy atom. The van der Waals surface area contributed by atoms with Crippen molar-refractivity contribution in [2.24, 2.45) is 5.92 Å². The lowest BCUT2D eigenvalue weighted by Gasteiger charge is -2.38. The monoisotopic (exact) mass is 532 g/mol. The van der Waals surface area contributed by atoms with Crippen LogP contribution in [0.1, 0.15) is 37.3 Å². The Bertz CT molecular complexity index is 1370. The van der Waals surface area contributed by atoms with E-state index >= 15 is 0 Å². The highest BCUT2D eigenvalue weighted by molar-refractivity contribution is 5.94. The number of para-hydroxylation sites is 1. The molecule has 204 valence electrons. The molecule has 2 fully saturated rings. The fourth-order valence-electron chi connectivity index (χ4n) is 5.85. The number of hydroxylamine groups is 1. The van der Waals surface area contributed by atoms with E-state index < -0.39 is 23.5 Å². The molecule has 3 heterocycles. The molecule has 3 N–H and O–H groups in total. The van der Waals surface area contributed by atoms with Crippen LogP contribution in [0.3, 0.4) is 0 Å². The van der Waals surface area contributed by atoms with Crippen LogP contribution in [-0.2, 0) is 21.6 Å². The maximum atomic E-state index is 13.7. The maximum absolute atomic E-state index is 13.7. The fraction of sp³-hybridized carbons (Fsp3) is 0.379. The molecule has 2 aliphatic rings. The van der Waals surface area contributed by atoms with Crippen molar-refractivity contribution in [3.05, 3.63) is 71.9 Å². The Kier molecular flexibility index (Phi) is 7.38. The number of hydrogen-bond donors (Lipinski definition) is 3. The summed E-state index contributed by atoms with van der Waals surface area (Å²) in [6.07, 6.45) is 2.15. The Hall–Kier alpha value is -4.18. The number of pyridine rings is 1. The molecule has 5 rings (SSSR count). The largest absolute Gasteiger partial charge is 0.489 e. The molecule has 0 saturated carbocycles. The molecule has 1 aromatic heterocycles. The Labute approximate surface area is 226 Å². The number of aromatic nitrogens is 1. The summed E-state index contributed by atoms with van der Waals surface area (Å²) < 4.78 is 6.04. The van der Waals surface area contributed by atoms with Gasteiger partial charge in [0, 0.05) is 36.8 Å². The molecule has 3 aromatic rings. The van der Waals surface area contributed by atoms with Gasteiger partial charge in [0.2, 0.25) is 5.91 Å². The van der Waals surface area contributed by atoms with Crippen LogP contribution in [0.4, 0.5) is 4.79 Å². The number of benzene rings is 2. The minimum atomic E-state index is -0.997. The average molecular weight is 533 g/mol. The fourth-order valence-corrected chi connectivity index (χ4v) is 5.85. The van der Waals surface area contributed by atoms with Gasteiger partial charge in [0.25, 0.3) is 5.91 Å².